The molecule has 1 N–H and O–H groups in total. The van der Waals surface area contributed by atoms with Gasteiger partial charge in [0.25, 0.3) is 5.91 Å². The van der Waals surface area contributed by atoms with Crippen LogP contribution in [-0.2, 0) is 5.72 Å². The first kappa shape index (κ1) is 10.6. The molecule has 0 saturated carbocycles. The van der Waals surface area contributed by atoms with E-state index in [0.717, 1.165) is 0 Å². The molecule has 94 valence electrons. The smallest absolute Gasteiger partial charge is 0.261 e. The molecule has 2 aromatic rings. The van der Waals surface area contributed by atoms with Crippen molar-refractivity contribution in [3.63, 3.8) is 0 Å². The Morgan fingerprint density at radius 1 is 1.11 bits per heavy atom. The van der Waals surface area contributed by atoms with Crippen LogP contribution in [0.1, 0.15) is 15.9 Å². The van der Waals surface area contributed by atoms with E-state index < -0.39 is 5.72 Å². The number of aliphatic hydroxyl groups is 1. The van der Waals surface area contributed by atoms with Crippen LogP contribution in [-0.4, -0.2) is 17.6 Å². The molecular weight excluding hydrogens is 242 g/mol. The lowest BCUT2D eigenvalue weighted by Gasteiger charge is -2.38. The summed E-state index contributed by atoms with van der Waals surface area (Å²) in [4.78, 5) is 13.9. The minimum atomic E-state index is -1.40. The van der Waals surface area contributed by atoms with E-state index >= 15 is 0 Å². The highest BCUT2D eigenvalue weighted by atomic mass is 16.5. The largest absolute Gasteiger partial charge is 0.486 e. The highest BCUT2D eigenvalue weighted by Crippen LogP contribution is 2.47. The zero-order valence-electron chi connectivity index (χ0n) is 10.0. The van der Waals surface area contributed by atoms with Crippen LogP contribution >= 0.6 is 0 Å². The number of hydrogen-bond acceptors (Lipinski definition) is 3. The van der Waals surface area contributed by atoms with Crippen LogP contribution in [0.2, 0.25) is 0 Å². The molecule has 19 heavy (non-hydrogen) atoms. The molecule has 2 aliphatic rings. The van der Waals surface area contributed by atoms with Crippen molar-refractivity contribution in [2.75, 3.05) is 11.5 Å². The summed E-state index contributed by atoms with van der Waals surface area (Å²) in [6.07, 6.45) is 0. The van der Waals surface area contributed by atoms with E-state index in [1.807, 2.05) is 18.2 Å². The topological polar surface area (TPSA) is 49.8 Å². The lowest BCUT2D eigenvalue weighted by molar-refractivity contribution is -0.0124. The predicted octanol–water partition coefficient (Wildman–Crippen LogP) is 1.88. The number of ether oxygens (including phenoxy) is 1. The summed E-state index contributed by atoms with van der Waals surface area (Å²) < 4.78 is 5.60. The molecule has 2 aliphatic heterocycles. The average molecular weight is 253 g/mol. The first-order valence-corrected chi connectivity index (χ1v) is 6.10. The Morgan fingerprint density at radius 2 is 1.84 bits per heavy atom. The Balaban J connectivity index is 1.99. The van der Waals surface area contributed by atoms with Crippen LogP contribution in [0.5, 0.6) is 5.75 Å². The fraction of sp³-hybridized carbons (Fsp3) is 0.133. The molecule has 0 aromatic heterocycles. The van der Waals surface area contributed by atoms with Gasteiger partial charge in [-0.2, -0.15) is 0 Å². The molecule has 1 unspecified atom stereocenters. The molecule has 2 aromatic carbocycles. The average Bonchev–Trinajstić information content (AvgIpc) is 2.69. The number of carbonyl (C=O) groups excluding carboxylic acids is 1. The van der Waals surface area contributed by atoms with E-state index in [1.54, 1.807) is 30.3 Å². The third-order valence-electron chi connectivity index (χ3n) is 3.70. The van der Waals surface area contributed by atoms with Gasteiger partial charge in [-0.15, -0.1) is 0 Å². The summed E-state index contributed by atoms with van der Waals surface area (Å²) in [5, 5.41) is 10.9. The molecular formula is C15H11NO3. The number of amides is 1. The predicted molar refractivity (Wildman–Crippen MR) is 69.1 cm³/mol. The van der Waals surface area contributed by atoms with Gasteiger partial charge in [-0.1, -0.05) is 30.3 Å². The minimum Gasteiger partial charge on any atom is -0.486 e. The Bertz CT molecular complexity index is 697. The third kappa shape index (κ3) is 1.19. The van der Waals surface area contributed by atoms with E-state index in [2.05, 4.69) is 0 Å². The van der Waals surface area contributed by atoms with Crippen molar-refractivity contribution in [1.29, 1.82) is 0 Å². The summed E-state index contributed by atoms with van der Waals surface area (Å²) in [6.45, 7) is 0.0484. The fourth-order valence-corrected chi connectivity index (χ4v) is 2.82. The molecule has 0 radical (unpaired) electrons. The molecule has 4 rings (SSSR count). The van der Waals surface area contributed by atoms with Crippen LogP contribution in [0.15, 0.2) is 48.5 Å². The summed E-state index contributed by atoms with van der Waals surface area (Å²) in [6, 6.07) is 14.4. The van der Waals surface area contributed by atoms with E-state index in [1.165, 1.54) is 4.90 Å². The van der Waals surface area contributed by atoms with Crippen LogP contribution < -0.4 is 9.64 Å². The molecule has 0 fully saturated rings. The number of rotatable bonds is 0. The fourth-order valence-electron chi connectivity index (χ4n) is 2.82. The van der Waals surface area contributed by atoms with Gasteiger partial charge in [0.2, 0.25) is 5.72 Å². The molecule has 0 spiro atoms. The maximum absolute atomic E-state index is 12.5. The molecule has 0 bridgehead atoms. The number of anilines is 1. The molecule has 0 aliphatic carbocycles. The minimum absolute atomic E-state index is 0.0484. The first-order valence-electron chi connectivity index (χ1n) is 6.10. The van der Waals surface area contributed by atoms with Crippen molar-refractivity contribution >= 4 is 11.6 Å². The second-order valence-corrected chi connectivity index (χ2v) is 4.76. The molecule has 0 saturated heterocycles. The summed E-state index contributed by atoms with van der Waals surface area (Å²) >= 11 is 0. The van der Waals surface area contributed by atoms with Crippen molar-refractivity contribution in [2.24, 2.45) is 0 Å². The van der Waals surface area contributed by atoms with Gasteiger partial charge in [0.1, 0.15) is 12.4 Å². The monoisotopic (exact) mass is 253 g/mol. The van der Waals surface area contributed by atoms with Gasteiger partial charge in [0, 0.05) is 11.1 Å². The Hall–Kier alpha value is -2.33. The highest BCUT2D eigenvalue weighted by Gasteiger charge is 2.52. The molecule has 1 amide bonds. The maximum Gasteiger partial charge on any atom is 0.261 e. The van der Waals surface area contributed by atoms with E-state index in [4.69, 9.17) is 4.74 Å². The second kappa shape index (κ2) is 3.36. The van der Waals surface area contributed by atoms with Crippen molar-refractivity contribution < 1.29 is 14.6 Å². The Labute approximate surface area is 109 Å². The van der Waals surface area contributed by atoms with Crippen LogP contribution in [0.4, 0.5) is 5.69 Å². The molecule has 2 heterocycles. The van der Waals surface area contributed by atoms with Crippen LogP contribution in [0.25, 0.3) is 0 Å². The number of hydrogen-bond donors (Lipinski definition) is 1. The Morgan fingerprint density at radius 3 is 2.74 bits per heavy atom. The van der Waals surface area contributed by atoms with Gasteiger partial charge in [-0.3, -0.25) is 9.69 Å². The van der Waals surface area contributed by atoms with Gasteiger partial charge in [-0.05, 0) is 18.2 Å². The van der Waals surface area contributed by atoms with Gasteiger partial charge < -0.3 is 9.84 Å². The summed E-state index contributed by atoms with van der Waals surface area (Å²) in [5.41, 5.74) is 0.347. The zero-order chi connectivity index (χ0) is 13.0. The SMILES string of the molecule is O=C1c2ccccc2C2(O)COc3ccccc3N12. The van der Waals surface area contributed by atoms with E-state index in [-0.39, 0.29) is 12.5 Å². The van der Waals surface area contributed by atoms with Crippen LogP contribution in [0, 0.1) is 0 Å². The Kier molecular flexibility index (Phi) is 1.87. The number of para-hydroxylation sites is 2. The van der Waals surface area contributed by atoms with Gasteiger partial charge in [0.15, 0.2) is 0 Å². The van der Waals surface area contributed by atoms with Gasteiger partial charge in [-0.25, -0.2) is 0 Å². The second-order valence-electron chi connectivity index (χ2n) is 4.76. The first-order chi connectivity index (χ1) is 9.22. The number of nitrogens with zero attached hydrogens (tertiary/aromatic N) is 1. The van der Waals surface area contributed by atoms with Gasteiger partial charge >= 0.3 is 0 Å². The molecule has 4 heteroatoms. The van der Waals surface area contributed by atoms with E-state index in [0.29, 0.717) is 22.6 Å². The standard InChI is InChI=1S/C15H11NO3/c17-14-10-5-1-2-6-11(10)15(18)9-19-13-8-4-3-7-12(13)16(14)15/h1-8,18H,9H2. The number of carbonyl (C=O) groups is 1. The van der Waals surface area contributed by atoms with Crippen molar-refractivity contribution in [3.8, 4) is 5.75 Å². The van der Waals surface area contributed by atoms with Crippen molar-refractivity contribution in [1.82, 2.24) is 0 Å². The van der Waals surface area contributed by atoms with E-state index in [9.17, 15) is 9.90 Å². The zero-order valence-corrected chi connectivity index (χ0v) is 10.0. The number of fused-ring (bicyclic) bond motifs is 5. The van der Waals surface area contributed by atoms with Crippen LogP contribution in [0.3, 0.4) is 0 Å². The van der Waals surface area contributed by atoms with Crippen molar-refractivity contribution in [3.05, 3.63) is 59.7 Å². The van der Waals surface area contributed by atoms with Gasteiger partial charge in [0.05, 0.1) is 5.69 Å². The maximum atomic E-state index is 12.5. The summed E-state index contributed by atoms with van der Waals surface area (Å²) in [5.74, 6) is 0.433. The number of benzene rings is 2. The quantitative estimate of drug-likeness (QED) is 0.780. The lowest BCUT2D eigenvalue weighted by Crippen LogP contribution is -2.51. The summed E-state index contributed by atoms with van der Waals surface area (Å²) in [7, 11) is 0. The van der Waals surface area contributed by atoms with Crippen molar-refractivity contribution in [2.45, 2.75) is 5.72 Å². The lowest BCUT2D eigenvalue weighted by atomic mass is 10.0. The normalized spacial score (nSPS) is 23.4. The highest BCUT2D eigenvalue weighted by molar-refractivity contribution is 6.12. The molecule has 4 nitrogen and oxygen atoms in total. The third-order valence-corrected chi connectivity index (χ3v) is 3.70. The molecule has 1 atom stereocenters.